The van der Waals surface area contributed by atoms with E-state index in [-0.39, 0.29) is 0 Å². The number of aliphatic hydroxyl groups excluding tert-OH is 1. The highest BCUT2D eigenvalue weighted by atomic mass is 35.5. The van der Waals surface area contributed by atoms with Crippen molar-refractivity contribution in [2.24, 2.45) is 0 Å². The molecule has 0 fully saturated rings. The first-order chi connectivity index (χ1) is 9.93. The molecular formula is C16H21ClN2O2. The van der Waals surface area contributed by atoms with Gasteiger partial charge in [-0.2, -0.15) is 5.10 Å². The molecule has 0 spiro atoms. The fourth-order valence-electron chi connectivity index (χ4n) is 2.25. The standard InChI is InChI=1S/C16H21ClN2O2/c1-5-19-14(16(17)11(3)18-19)9-21-15-7-6-13(12(4)20)8-10(15)2/h6-8,12,20H,5,9H2,1-4H3/t12-/m1/s1. The molecule has 1 aromatic carbocycles. The third-order valence-electron chi connectivity index (χ3n) is 3.50. The second kappa shape index (κ2) is 6.50. The minimum absolute atomic E-state index is 0.377. The minimum atomic E-state index is -0.476. The normalized spacial score (nSPS) is 12.5. The maximum Gasteiger partial charge on any atom is 0.131 e. The number of hydrogen-bond acceptors (Lipinski definition) is 3. The molecule has 0 aliphatic carbocycles. The molecule has 0 unspecified atom stereocenters. The molecule has 4 nitrogen and oxygen atoms in total. The van der Waals surface area contributed by atoms with Crippen LogP contribution in [0, 0.1) is 13.8 Å². The summed E-state index contributed by atoms with van der Waals surface area (Å²) >= 11 is 6.27. The Balaban J connectivity index is 2.17. The van der Waals surface area contributed by atoms with Crippen molar-refractivity contribution < 1.29 is 9.84 Å². The van der Waals surface area contributed by atoms with Crippen LogP contribution >= 0.6 is 11.6 Å². The van der Waals surface area contributed by atoms with Crippen LogP contribution in [0.25, 0.3) is 0 Å². The Hall–Kier alpha value is -1.52. The fraction of sp³-hybridized carbons (Fsp3) is 0.438. The molecule has 5 heteroatoms. The summed E-state index contributed by atoms with van der Waals surface area (Å²) in [6, 6.07) is 5.69. The lowest BCUT2D eigenvalue weighted by Crippen LogP contribution is -2.07. The molecule has 114 valence electrons. The average Bonchev–Trinajstić information content (AvgIpc) is 2.72. The second-order valence-corrected chi connectivity index (χ2v) is 5.53. The van der Waals surface area contributed by atoms with E-state index in [9.17, 15) is 5.11 Å². The van der Waals surface area contributed by atoms with E-state index in [1.54, 1.807) is 6.92 Å². The predicted molar refractivity (Wildman–Crippen MR) is 83.8 cm³/mol. The van der Waals surface area contributed by atoms with Gasteiger partial charge in [0.1, 0.15) is 12.4 Å². The number of aryl methyl sites for hydroxylation is 3. The molecule has 1 atom stereocenters. The highest BCUT2D eigenvalue weighted by Gasteiger charge is 2.14. The third kappa shape index (κ3) is 3.39. The van der Waals surface area contributed by atoms with Crippen LogP contribution < -0.4 is 4.74 Å². The number of aromatic nitrogens is 2. The van der Waals surface area contributed by atoms with E-state index in [1.807, 2.05) is 43.7 Å². The maximum atomic E-state index is 9.58. The van der Waals surface area contributed by atoms with Crippen molar-refractivity contribution in [2.45, 2.75) is 47.0 Å². The van der Waals surface area contributed by atoms with Gasteiger partial charge in [0.15, 0.2) is 0 Å². The fourth-order valence-corrected chi connectivity index (χ4v) is 2.44. The lowest BCUT2D eigenvalue weighted by Gasteiger charge is -2.13. The van der Waals surface area contributed by atoms with Gasteiger partial charge in [-0.15, -0.1) is 0 Å². The first kappa shape index (κ1) is 15.9. The van der Waals surface area contributed by atoms with Crippen molar-refractivity contribution in [2.75, 3.05) is 0 Å². The van der Waals surface area contributed by atoms with E-state index in [0.717, 1.165) is 34.8 Å². The molecule has 0 aliphatic rings. The number of benzene rings is 1. The van der Waals surface area contributed by atoms with Gasteiger partial charge in [-0.05, 0) is 51.0 Å². The molecule has 0 bridgehead atoms. The summed E-state index contributed by atoms with van der Waals surface area (Å²) in [6.45, 7) is 8.76. The highest BCUT2D eigenvalue weighted by Crippen LogP contribution is 2.26. The molecular weight excluding hydrogens is 288 g/mol. The summed E-state index contributed by atoms with van der Waals surface area (Å²) in [5, 5.41) is 14.6. The molecule has 21 heavy (non-hydrogen) atoms. The van der Waals surface area contributed by atoms with E-state index in [0.29, 0.717) is 11.6 Å². The number of nitrogens with zero attached hydrogens (tertiary/aromatic N) is 2. The smallest absolute Gasteiger partial charge is 0.131 e. The van der Waals surface area contributed by atoms with Gasteiger partial charge in [-0.3, -0.25) is 4.68 Å². The van der Waals surface area contributed by atoms with Crippen LogP contribution in [-0.2, 0) is 13.2 Å². The Kier molecular flexibility index (Phi) is 4.91. The molecule has 0 amide bonds. The van der Waals surface area contributed by atoms with E-state index in [2.05, 4.69) is 5.10 Å². The van der Waals surface area contributed by atoms with Gasteiger partial charge in [0.2, 0.25) is 0 Å². The largest absolute Gasteiger partial charge is 0.487 e. The summed E-state index contributed by atoms with van der Waals surface area (Å²) in [5.74, 6) is 0.789. The zero-order valence-corrected chi connectivity index (χ0v) is 13.6. The molecule has 0 saturated heterocycles. The van der Waals surface area contributed by atoms with Crippen molar-refractivity contribution in [1.29, 1.82) is 0 Å². The maximum absolute atomic E-state index is 9.58. The Morgan fingerprint density at radius 1 is 1.38 bits per heavy atom. The quantitative estimate of drug-likeness (QED) is 0.913. The molecule has 0 saturated carbocycles. The van der Waals surface area contributed by atoms with Crippen LogP contribution in [0.3, 0.4) is 0 Å². The summed E-state index contributed by atoms with van der Waals surface area (Å²) in [4.78, 5) is 0. The minimum Gasteiger partial charge on any atom is -0.487 e. The number of rotatable bonds is 5. The van der Waals surface area contributed by atoms with Crippen molar-refractivity contribution in [3.8, 4) is 5.75 Å². The zero-order chi connectivity index (χ0) is 15.6. The molecule has 1 heterocycles. The Bertz CT molecular complexity index is 635. The van der Waals surface area contributed by atoms with E-state index in [4.69, 9.17) is 16.3 Å². The lowest BCUT2D eigenvalue weighted by atomic mass is 10.1. The molecule has 2 rings (SSSR count). The van der Waals surface area contributed by atoms with Crippen molar-refractivity contribution in [3.05, 3.63) is 45.7 Å². The monoisotopic (exact) mass is 308 g/mol. The van der Waals surface area contributed by atoms with Gasteiger partial charge in [0.25, 0.3) is 0 Å². The van der Waals surface area contributed by atoms with Gasteiger partial charge in [0, 0.05) is 6.54 Å². The van der Waals surface area contributed by atoms with Crippen LogP contribution in [0.4, 0.5) is 0 Å². The van der Waals surface area contributed by atoms with Crippen LogP contribution in [0.15, 0.2) is 18.2 Å². The zero-order valence-electron chi connectivity index (χ0n) is 12.9. The molecule has 0 radical (unpaired) electrons. The van der Waals surface area contributed by atoms with Crippen LogP contribution in [0.5, 0.6) is 5.75 Å². The number of aliphatic hydroxyl groups is 1. The van der Waals surface area contributed by atoms with Gasteiger partial charge < -0.3 is 9.84 Å². The van der Waals surface area contributed by atoms with Crippen molar-refractivity contribution in [1.82, 2.24) is 9.78 Å². The number of hydrogen-bond donors (Lipinski definition) is 1. The second-order valence-electron chi connectivity index (χ2n) is 5.15. The van der Waals surface area contributed by atoms with E-state index < -0.39 is 6.10 Å². The van der Waals surface area contributed by atoms with E-state index >= 15 is 0 Å². The van der Waals surface area contributed by atoms with Crippen LogP contribution in [-0.4, -0.2) is 14.9 Å². The van der Waals surface area contributed by atoms with Gasteiger partial charge >= 0.3 is 0 Å². The molecule has 0 aliphatic heterocycles. The molecule has 1 N–H and O–H groups in total. The Morgan fingerprint density at radius 3 is 2.67 bits per heavy atom. The Morgan fingerprint density at radius 2 is 2.10 bits per heavy atom. The van der Waals surface area contributed by atoms with Gasteiger partial charge in [-0.1, -0.05) is 17.7 Å². The summed E-state index contributed by atoms with van der Waals surface area (Å²) < 4.78 is 7.73. The summed E-state index contributed by atoms with van der Waals surface area (Å²) in [7, 11) is 0. The Labute approximate surface area is 130 Å². The molecule has 2 aromatic rings. The topological polar surface area (TPSA) is 47.3 Å². The van der Waals surface area contributed by atoms with Crippen LogP contribution in [0.2, 0.25) is 5.02 Å². The highest BCUT2D eigenvalue weighted by molar-refractivity contribution is 6.31. The molecule has 1 aromatic heterocycles. The summed E-state index contributed by atoms with van der Waals surface area (Å²) in [6.07, 6.45) is -0.476. The first-order valence-electron chi connectivity index (χ1n) is 7.07. The predicted octanol–water partition coefficient (Wildman–Crippen LogP) is 3.81. The number of halogens is 1. The van der Waals surface area contributed by atoms with Crippen LogP contribution in [0.1, 0.15) is 42.5 Å². The number of ether oxygens (including phenoxy) is 1. The van der Waals surface area contributed by atoms with Gasteiger partial charge in [-0.25, -0.2) is 0 Å². The van der Waals surface area contributed by atoms with Gasteiger partial charge in [0.05, 0.1) is 22.5 Å². The van der Waals surface area contributed by atoms with E-state index in [1.165, 1.54) is 0 Å². The third-order valence-corrected chi connectivity index (χ3v) is 3.99. The van der Waals surface area contributed by atoms with Crippen molar-refractivity contribution in [3.63, 3.8) is 0 Å². The summed E-state index contributed by atoms with van der Waals surface area (Å²) in [5.41, 5.74) is 3.57. The first-order valence-corrected chi connectivity index (χ1v) is 7.45. The lowest BCUT2D eigenvalue weighted by molar-refractivity contribution is 0.199. The average molecular weight is 309 g/mol. The SMILES string of the molecule is CCn1nc(C)c(Cl)c1COc1ccc([C@@H](C)O)cc1C. The van der Waals surface area contributed by atoms with Crippen molar-refractivity contribution >= 4 is 11.6 Å².